The van der Waals surface area contributed by atoms with E-state index in [9.17, 15) is 8.42 Å². The third kappa shape index (κ3) is 3.54. The molecule has 112 valence electrons. The van der Waals surface area contributed by atoms with Crippen LogP contribution in [0.15, 0.2) is 39.8 Å². The summed E-state index contributed by atoms with van der Waals surface area (Å²) in [5.41, 5.74) is 7.56. The minimum absolute atomic E-state index is 0.189. The number of aromatic nitrogens is 1. The molecule has 0 unspecified atom stereocenters. The number of hydrogen-bond donors (Lipinski definition) is 2. The van der Waals surface area contributed by atoms with Gasteiger partial charge in [-0.1, -0.05) is 13.0 Å². The van der Waals surface area contributed by atoms with Gasteiger partial charge in [0.15, 0.2) is 0 Å². The van der Waals surface area contributed by atoms with E-state index in [4.69, 9.17) is 5.73 Å². The summed E-state index contributed by atoms with van der Waals surface area (Å²) in [7, 11) is -3.72. The van der Waals surface area contributed by atoms with Crippen molar-refractivity contribution in [3.05, 3.63) is 46.1 Å². The molecule has 0 radical (unpaired) electrons. The van der Waals surface area contributed by atoms with Crippen LogP contribution in [0.2, 0.25) is 0 Å². The van der Waals surface area contributed by atoms with E-state index in [2.05, 4.69) is 25.6 Å². The van der Waals surface area contributed by atoms with Gasteiger partial charge in [-0.25, -0.2) is 13.4 Å². The van der Waals surface area contributed by atoms with Crippen LogP contribution in [0.5, 0.6) is 0 Å². The van der Waals surface area contributed by atoms with Crippen LogP contribution in [-0.4, -0.2) is 13.4 Å². The third-order valence-corrected chi connectivity index (χ3v) is 4.89. The maximum atomic E-state index is 12.6. The fourth-order valence-electron chi connectivity index (χ4n) is 1.94. The molecule has 1 heterocycles. The smallest absolute Gasteiger partial charge is 0.263 e. The molecule has 1 aromatic heterocycles. The molecule has 2 rings (SSSR count). The van der Waals surface area contributed by atoms with Gasteiger partial charge in [-0.3, -0.25) is 4.72 Å². The van der Waals surface area contributed by atoms with E-state index in [1.165, 1.54) is 6.07 Å². The highest BCUT2D eigenvalue weighted by Crippen LogP contribution is 2.24. The number of nitrogens with one attached hydrogen (secondary N) is 1. The quantitative estimate of drug-likeness (QED) is 0.810. The Bertz CT molecular complexity index is 776. The lowest BCUT2D eigenvalue weighted by Crippen LogP contribution is -2.17. The van der Waals surface area contributed by atoms with Gasteiger partial charge in [-0.05, 0) is 58.6 Å². The van der Waals surface area contributed by atoms with Crippen molar-refractivity contribution in [3.8, 4) is 0 Å². The van der Waals surface area contributed by atoms with E-state index < -0.39 is 10.0 Å². The van der Waals surface area contributed by atoms with Crippen LogP contribution in [0.25, 0.3) is 0 Å². The monoisotopic (exact) mass is 369 g/mol. The molecule has 2 aromatic rings. The lowest BCUT2D eigenvalue weighted by molar-refractivity contribution is 0.600. The molecule has 0 aliphatic carbocycles. The van der Waals surface area contributed by atoms with E-state index in [0.717, 1.165) is 10.0 Å². The van der Waals surface area contributed by atoms with Gasteiger partial charge < -0.3 is 5.73 Å². The highest BCUT2D eigenvalue weighted by molar-refractivity contribution is 9.10. The van der Waals surface area contributed by atoms with Gasteiger partial charge in [-0.2, -0.15) is 0 Å². The van der Waals surface area contributed by atoms with E-state index in [1.54, 1.807) is 31.3 Å². The number of pyridine rings is 1. The first-order valence-corrected chi connectivity index (χ1v) is 8.64. The second-order valence-corrected chi connectivity index (χ2v) is 7.21. The number of sulfonamides is 1. The van der Waals surface area contributed by atoms with Crippen LogP contribution in [0, 0.1) is 6.92 Å². The van der Waals surface area contributed by atoms with Gasteiger partial charge in [0.05, 0.1) is 4.90 Å². The molecule has 0 aliphatic heterocycles. The van der Waals surface area contributed by atoms with Gasteiger partial charge in [0.1, 0.15) is 5.82 Å². The first-order chi connectivity index (χ1) is 9.83. The molecule has 1 aromatic carbocycles. The predicted molar refractivity (Wildman–Crippen MR) is 87.7 cm³/mol. The number of aryl methyl sites for hydroxylation is 2. The Labute approximate surface area is 132 Å². The molecular formula is C14H16BrN3O2S. The van der Waals surface area contributed by atoms with E-state index in [-0.39, 0.29) is 4.90 Å². The zero-order valence-electron chi connectivity index (χ0n) is 11.7. The highest BCUT2D eigenvalue weighted by atomic mass is 79.9. The Morgan fingerprint density at radius 3 is 2.67 bits per heavy atom. The van der Waals surface area contributed by atoms with Crippen molar-refractivity contribution in [1.29, 1.82) is 0 Å². The van der Waals surface area contributed by atoms with Crippen molar-refractivity contribution in [3.63, 3.8) is 0 Å². The summed E-state index contributed by atoms with van der Waals surface area (Å²) in [5, 5.41) is 0. The standard InChI is InChI=1S/C14H16BrN3O2S/c1-3-10-4-5-12(16)7-13(10)21(19,20)18-14-9(2)6-11(15)8-17-14/h4-8H,3,16H2,1-2H3,(H,17,18). The summed E-state index contributed by atoms with van der Waals surface area (Å²) < 4.78 is 28.4. The van der Waals surface area contributed by atoms with Crippen LogP contribution >= 0.6 is 15.9 Å². The summed E-state index contributed by atoms with van der Waals surface area (Å²) in [6.45, 7) is 3.68. The van der Waals surface area contributed by atoms with Gasteiger partial charge in [-0.15, -0.1) is 0 Å². The lowest BCUT2D eigenvalue weighted by Gasteiger charge is -2.13. The minimum Gasteiger partial charge on any atom is -0.399 e. The zero-order valence-corrected chi connectivity index (χ0v) is 14.1. The molecule has 7 heteroatoms. The summed E-state index contributed by atoms with van der Waals surface area (Å²) >= 11 is 3.30. The Kier molecular flexibility index (Phi) is 4.53. The summed E-state index contributed by atoms with van der Waals surface area (Å²) in [4.78, 5) is 4.29. The average molecular weight is 370 g/mol. The SMILES string of the molecule is CCc1ccc(N)cc1S(=O)(=O)Nc1ncc(Br)cc1C. The molecule has 0 fully saturated rings. The highest BCUT2D eigenvalue weighted by Gasteiger charge is 2.19. The average Bonchev–Trinajstić information content (AvgIpc) is 2.42. The Morgan fingerprint density at radius 1 is 1.33 bits per heavy atom. The number of nitrogens with two attached hydrogens (primary N) is 1. The Balaban J connectivity index is 2.45. The largest absolute Gasteiger partial charge is 0.399 e. The molecule has 21 heavy (non-hydrogen) atoms. The molecule has 0 bridgehead atoms. The van der Waals surface area contributed by atoms with E-state index in [1.807, 2.05) is 6.92 Å². The number of rotatable bonds is 4. The van der Waals surface area contributed by atoms with Crippen LogP contribution in [0.4, 0.5) is 11.5 Å². The van der Waals surface area contributed by atoms with Gasteiger partial charge in [0.2, 0.25) is 0 Å². The van der Waals surface area contributed by atoms with Crippen molar-refractivity contribution in [2.24, 2.45) is 0 Å². The zero-order chi connectivity index (χ0) is 15.6. The third-order valence-electron chi connectivity index (χ3n) is 3.04. The molecule has 0 atom stereocenters. The number of nitrogens with zero attached hydrogens (tertiary/aromatic N) is 1. The summed E-state index contributed by atoms with van der Waals surface area (Å²) in [6, 6.07) is 6.69. The molecule has 0 saturated heterocycles. The molecule has 5 nitrogen and oxygen atoms in total. The summed E-state index contributed by atoms with van der Waals surface area (Å²) in [5.74, 6) is 0.308. The maximum absolute atomic E-state index is 12.6. The summed E-state index contributed by atoms with van der Waals surface area (Å²) in [6.07, 6.45) is 2.15. The van der Waals surface area contributed by atoms with E-state index in [0.29, 0.717) is 23.5 Å². The van der Waals surface area contributed by atoms with Gasteiger partial charge in [0.25, 0.3) is 10.0 Å². The molecule has 3 N–H and O–H groups in total. The Morgan fingerprint density at radius 2 is 2.05 bits per heavy atom. The molecular weight excluding hydrogens is 354 g/mol. The van der Waals surface area contributed by atoms with Crippen molar-refractivity contribution in [2.75, 3.05) is 10.5 Å². The van der Waals surface area contributed by atoms with Crippen molar-refractivity contribution in [1.82, 2.24) is 4.98 Å². The number of halogens is 1. The van der Waals surface area contributed by atoms with Gasteiger partial charge >= 0.3 is 0 Å². The number of hydrogen-bond acceptors (Lipinski definition) is 4. The lowest BCUT2D eigenvalue weighted by atomic mass is 10.1. The van der Waals surface area contributed by atoms with Crippen molar-refractivity contribution < 1.29 is 8.42 Å². The van der Waals surface area contributed by atoms with E-state index >= 15 is 0 Å². The van der Waals surface area contributed by atoms with Crippen LogP contribution in [-0.2, 0) is 16.4 Å². The maximum Gasteiger partial charge on any atom is 0.263 e. The fourth-order valence-corrected chi connectivity index (χ4v) is 3.82. The Hall–Kier alpha value is -1.60. The fraction of sp³-hybridized carbons (Fsp3) is 0.214. The number of nitrogen functional groups attached to an aromatic ring is 1. The molecule has 0 aliphatic rings. The molecule has 0 spiro atoms. The predicted octanol–water partition coefficient (Wildman–Crippen LogP) is 3.10. The normalized spacial score (nSPS) is 11.4. The van der Waals surface area contributed by atoms with Gasteiger partial charge in [0, 0.05) is 16.4 Å². The second-order valence-electron chi connectivity index (χ2n) is 4.65. The molecule has 0 saturated carbocycles. The first-order valence-electron chi connectivity index (χ1n) is 6.37. The first kappa shape index (κ1) is 15.8. The van der Waals surface area contributed by atoms with Crippen molar-refractivity contribution >= 4 is 37.5 Å². The topological polar surface area (TPSA) is 85.1 Å². The second kappa shape index (κ2) is 6.03. The molecule has 0 amide bonds. The van der Waals surface area contributed by atoms with Crippen LogP contribution in [0.3, 0.4) is 0 Å². The van der Waals surface area contributed by atoms with Crippen LogP contribution < -0.4 is 10.5 Å². The van der Waals surface area contributed by atoms with Crippen LogP contribution in [0.1, 0.15) is 18.1 Å². The minimum atomic E-state index is -3.72. The van der Waals surface area contributed by atoms with Crippen molar-refractivity contribution in [2.45, 2.75) is 25.2 Å². The number of anilines is 2. The number of benzene rings is 1.